The number of aliphatic carboxylic acids is 1. The van der Waals surface area contributed by atoms with Crippen molar-refractivity contribution in [1.29, 1.82) is 0 Å². The number of benzene rings is 1. The van der Waals surface area contributed by atoms with Crippen molar-refractivity contribution in [3.8, 4) is 0 Å². The smallest absolute Gasteiger partial charge is 0.306 e. The Labute approximate surface area is 138 Å². The van der Waals surface area contributed by atoms with Gasteiger partial charge in [-0.2, -0.15) is 0 Å². The SMILES string of the molecule is CC(C)(C)c1ccc(CCNC(=O)[C@@H]2CC[C@H](C(=O)O)C2)cc1. The largest absolute Gasteiger partial charge is 0.481 e. The second kappa shape index (κ2) is 7.16. The number of carbonyl (C=O) groups excluding carboxylic acids is 1. The van der Waals surface area contributed by atoms with Crippen LogP contribution in [-0.4, -0.2) is 23.5 Å². The lowest BCUT2D eigenvalue weighted by atomic mass is 9.86. The van der Waals surface area contributed by atoms with Crippen molar-refractivity contribution in [3.05, 3.63) is 35.4 Å². The Morgan fingerprint density at radius 3 is 2.26 bits per heavy atom. The fraction of sp³-hybridized carbons (Fsp3) is 0.579. The molecule has 0 aromatic heterocycles. The van der Waals surface area contributed by atoms with Gasteiger partial charge in [-0.1, -0.05) is 45.0 Å². The van der Waals surface area contributed by atoms with E-state index in [0.29, 0.717) is 25.8 Å². The Morgan fingerprint density at radius 2 is 1.74 bits per heavy atom. The highest BCUT2D eigenvalue weighted by Crippen LogP contribution is 2.31. The molecule has 0 spiro atoms. The van der Waals surface area contributed by atoms with E-state index in [1.54, 1.807) is 0 Å². The van der Waals surface area contributed by atoms with E-state index in [4.69, 9.17) is 5.11 Å². The van der Waals surface area contributed by atoms with E-state index in [-0.39, 0.29) is 23.2 Å². The fourth-order valence-electron chi connectivity index (χ4n) is 3.09. The molecule has 0 radical (unpaired) electrons. The summed E-state index contributed by atoms with van der Waals surface area (Å²) in [5.41, 5.74) is 2.65. The number of amides is 1. The zero-order valence-electron chi connectivity index (χ0n) is 14.3. The summed E-state index contributed by atoms with van der Waals surface area (Å²) in [6.45, 7) is 7.17. The number of hydrogen-bond donors (Lipinski definition) is 2. The van der Waals surface area contributed by atoms with Gasteiger partial charge in [0.25, 0.3) is 0 Å². The summed E-state index contributed by atoms with van der Waals surface area (Å²) in [6, 6.07) is 8.52. The van der Waals surface area contributed by atoms with Gasteiger partial charge in [0.1, 0.15) is 0 Å². The predicted molar refractivity (Wildman–Crippen MR) is 90.3 cm³/mol. The topological polar surface area (TPSA) is 66.4 Å². The van der Waals surface area contributed by atoms with Crippen LogP contribution in [-0.2, 0) is 21.4 Å². The summed E-state index contributed by atoms with van der Waals surface area (Å²) >= 11 is 0. The second-order valence-electron chi connectivity index (χ2n) is 7.53. The Morgan fingerprint density at radius 1 is 1.13 bits per heavy atom. The molecule has 1 aliphatic carbocycles. The Balaban J connectivity index is 1.77. The Bertz CT molecular complexity index is 557. The normalized spacial score (nSPS) is 21.2. The minimum absolute atomic E-state index is 0.0000571. The van der Waals surface area contributed by atoms with Gasteiger partial charge in [-0.15, -0.1) is 0 Å². The molecule has 23 heavy (non-hydrogen) atoms. The molecule has 2 rings (SSSR count). The number of carboxylic acids is 1. The summed E-state index contributed by atoms with van der Waals surface area (Å²) < 4.78 is 0. The van der Waals surface area contributed by atoms with Gasteiger partial charge in [-0.05, 0) is 42.2 Å². The Hall–Kier alpha value is -1.84. The average molecular weight is 317 g/mol. The van der Waals surface area contributed by atoms with E-state index in [1.807, 2.05) is 0 Å². The molecule has 0 unspecified atom stereocenters. The van der Waals surface area contributed by atoms with Crippen molar-refractivity contribution in [3.63, 3.8) is 0 Å². The third kappa shape index (κ3) is 4.81. The van der Waals surface area contributed by atoms with Crippen LogP contribution >= 0.6 is 0 Å². The van der Waals surface area contributed by atoms with Crippen LogP contribution in [0.15, 0.2) is 24.3 Å². The minimum Gasteiger partial charge on any atom is -0.481 e. The average Bonchev–Trinajstić information content (AvgIpc) is 2.97. The van der Waals surface area contributed by atoms with Crippen LogP contribution in [0.25, 0.3) is 0 Å². The molecule has 0 heterocycles. The fourth-order valence-corrected chi connectivity index (χ4v) is 3.09. The molecule has 0 saturated heterocycles. The van der Waals surface area contributed by atoms with Crippen molar-refractivity contribution < 1.29 is 14.7 Å². The van der Waals surface area contributed by atoms with Crippen molar-refractivity contribution in [2.45, 2.75) is 51.9 Å². The summed E-state index contributed by atoms with van der Waals surface area (Å²) in [4.78, 5) is 23.0. The molecule has 1 saturated carbocycles. The van der Waals surface area contributed by atoms with Crippen LogP contribution in [0.3, 0.4) is 0 Å². The maximum absolute atomic E-state index is 12.1. The molecular weight excluding hydrogens is 290 g/mol. The summed E-state index contributed by atoms with van der Waals surface area (Å²) in [7, 11) is 0. The first-order chi connectivity index (χ1) is 10.8. The van der Waals surface area contributed by atoms with Gasteiger partial charge in [-0.25, -0.2) is 0 Å². The van der Waals surface area contributed by atoms with Crippen LogP contribution in [0.5, 0.6) is 0 Å². The van der Waals surface area contributed by atoms with E-state index < -0.39 is 5.97 Å². The summed E-state index contributed by atoms with van der Waals surface area (Å²) in [6.07, 6.45) is 2.57. The van der Waals surface area contributed by atoms with Crippen LogP contribution in [0.4, 0.5) is 0 Å². The number of carbonyl (C=O) groups is 2. The van der Waals surface area contributed by atoms with Gasteiger partial charge in [0, 0.05) is 12.5 Å². The highest BCUT2D eigenvalue weighted by Gasteiger charge is 2.33. The molecule has 4 heteroatoms. The number of hydrogen-bond acceptors (Lipinski definition) is 2. The van der Waals surface area contributed by atoms with Gasteiger partial charge in [-0.3, -0.25) is 9.59 Å². The van der Waals surface area contributed by atoms with Crippen LogP contribution in [0, 0.1) is 11.8 Å². The molecule has 1 aromatic rings. The van der Waals surface area contributed by atoms with E-state index in [9.17, 15) is 9.59 Å². The zero-order valence-corrected chi connectivity index (χ0v) is 14.3. The zero-order chi connectivity index (χ0) is 17.0. The minimum atomic E-state index is -0.778. The first-order valence-corrected chi connectivity index (χ1v) is 8.37. The third-order valence-electron chi connectivity index (χ3n) is 4.69. The van der Waals surface area contributed by atoms with Crippen molar-refractivity contribution in [1.82, 2.24) is 5.32 Å². The quantitative estimate of drug-likeness (QED) is 0.877. The van der Waals surface area contributed by atoms with Gasteiger partial charge in [0.05, 0.1) is 5.92 Å². The molecule has 1 fully saturated rings. The van der Waals surface area contributed by atoms with Gasteiger partial charge in [0.2, 0.25) is 5.91 Å². The molecule has 0 aliphatic heterocycles. The molecule has 2 N–H and O–H groups in total. The number of rotatable bonds is 5. The molecule has 1 aliphatic rings. The third-order valence-corrected chi connectivity index (χ3v) is 4.69. The van der Waals surface area contributed by atoms with Crippen LogP contribution in [0.2, 0.25) is 0 Å². The summed E-state index contributed by atoms with van der Waals surface area (Å²) in [5, 5.41) is 11.9. The summed E-state index contributed by atoms with van der Waals surface area (Å²) in [5.74, 6) is -1.27. The van der Waals surface area contributed by atoms with Crippen molar-refractivity contribution >= 4 is 11.9 Å². The molecule has 2 atom stereocenters. The second-order valence-corrected chi connectivity index (χ2v) is 7.53. The van der Waals surface area contributed by atoms with E-state index in [1.165, 1.54) is 11.1 Å². The Kier molecular flexibility index (Phi) is 5.45. The van der Waals surface area contributed by atoms with Crippen LogP contribution < -0.4 is 5.32 Å². The first kappa shape index (κ1) is 17.5. The maximum Gasteiger partial charge on any atom is 0.306 e. The molecule has 126 valence electrons. The highest BCUT2D eigenvalue weighted by molar-refractivity contribution is 5.80. The van der Waals surface area contributed by atoms with Crippen LogP contribution in [0.1, 0.15) is 51.2 Å². The van der Waals surface area contributed by atoms with Gasteiger partial charge in [0.15, 0.2) is 0 Å². The molecule has 4 nitrogen and oxygen atoms in total. The lowest BCUT2D eigenvalue weighted by Crippen LogP contribution is -2.31. The predicted octanol–water partition coefficient (Wildman–Crippen LogP) is 3.14. The van der Waals surface area contributed by atoms with E-state index >= 15 is 0 Å². The van der Waals surface area contributed by atoms with E-state index in [0.717, 1.165) is 6.42 Å². The first-order valence-electron chi connectivity index (χ1n) is 8.37. The van der Waals surface area contributed by atoms with Crippen molar-refractivity contribution in [2.24, 2.45) is 11.8 Å². The molecular formula is C19H27NO3. The lowest BCUT2D eigenvalue weighted by Gasteiger charge is -2.19. The standard InChI is InChI=1S/C19H27NO3/c1-19(2,3)16-8-4-13(5-9-16)10-11-20-17(21)14-6-7-15(12-14)18(22)23/h4-5,8-9,14-15H,6-7,10-12H2,1-3H3,(H,20,21)(H,22,23)/t14-,15+/m1/s1. The lowest BCUT2D eigenvalue weighted by molar-refractivity contribution is -0.141. The molecule has 0 bridgehead atoms. The number of carboxylic acid groups (broad SMARTS) is 1. The van der Waals surface area contributed by atoms with Gasteiger partial charge < -0.3 is 10.4 Å². The van der Waals surface area contributed by atoms with Gasteiger partial charge >= 0.3 is 5.97 Å². The molecule has 1 amide bonds. The molecule has 1 aromatic carbocycles. The maximum atomic E-state index is 12.1. The van der Waals surface area contributed by atoms with Crippen molar-refractivity contribution in [2.75, 3.05) is 6.54 Å². The monoisotopic (exact) mass is 317 g/mol. The highest BCUT2D eigenvalue weighted by atomic mass is 16.4. The number of nitrogens with one attached hydrogen (secondary N) is 1. The van der Waals surface area contributed by atoms with E-state index in [2.05, 4.69) is 50.4 Å².